The summed E-state index contributed by atoms with van der Waals surface area (Å²) in [7, 11) is 2.76. The van der Waals surface area contributed by atoms with Gasteiger partial charge in [0.1, 0.15) is 18.2 Å². The van der Waals surface area contributed by atoms with Gasteiger partial charge in [-0.15, -0.1) is 0 Å². The van der Waals surface area contributed by atoms with Gasteiger partial charge in [0.15, 0.2) is 15.9 Å². The number of aromatic nitrogens is 4. The molecular weight excluding hydrogens is 416 g/mol. The lowest BCUT2D eigenvalue weighted by Gasteiger charge is -2.10. The van der Waals surface area contributed by atoms with Crippen molar-refractivity contribution < 1.29 is 13.6 Å². The molecule has 0 atom stereocenters. The van der Waals surface area contributed by atoms with Gasteiger partial charge in [-0.05, 0) is 28.1 Å². The highest BCUT2D eigenvalue weighted by Crippen LogP contribution is 2.17. The van der Waals surface area contributed by atoms with Crippen molar-refractivity contribution in [3.05, 3.63) is 55.4 Å². The minimum Gasteiger partial charge on any atom is -0.324 e. The van der Waals surface area contributed by atoms with E-state index in [1.54, 1.807) is 0 Å². The maximum atomic E-state index is 13.2. The van der Waals surface area contributed by atoms with Gasteiger partial charge in [-0.2, -0.15) is 0 Å². The first-order chi connectivity index (χ1) is 12.2. The molecule has 0 unspecified atom stereocenters. The van der Waals surface area contributed by atoms with Crippen LogP contribution in [-0.4, -0.2) is 24.6 Å². The molecule has 3 rings (SSSR count). The first-order valence-corrected chi connectivity index (χ1v) is 8.06. The molecule has 2 aromatic heterocycles. The molecule has 0 bridgehead atoms. The number of fused-ring (bicyclic) bond motifs is 1. The number of nitrogens with one attached hydrogen (secondary N) is 1. The van der Waals surface area contributed by atoms with Crippen LogP contribution >= 0.6 is 15.9 Å². The highest BCUT2D eigenvalue weighted by atomic mass is 79.9. The second-order valence-corrected chi connectivity index (χ2v) is 6.26. The molecule has 11 heteroatoms. The third-order valence-electron chi connectivity index (χ3n) is 3.74. The number of carbonyl (C=O) groups is 1. The van der Waals surface area contributed by atoms with Crippen molar-refractivity contribution in [1.82, 2.24) is 18.7 Å². The largest absolute Gasteiger partial charge is 0.332 e. The second-order valence-electron chi connectivity index (χ2n) is 5.55. The predicted molar refractivity (Wildman–Crippen MR) is 92.9 cm³/mol. The van der Waals surface area contributed by atoms with Crippen LogP contribution in [0.1, 0.15) is 0 Å². The zero-order chi connectivity index (χ0) is 19.2. The summed E-state index contributed by atoms with van der Waals surface area (Å²) in [6, 6.07) is 2.61. The molecule has 8 nitrogen and oxygen atoms in total. The highest BCUT2D eigenvalue weighted by molar-refractivity contribution is 9.10. The van der Waals surface area contributed by atoms with Crippen molar-refractivity contribution in [2.45, 2.75) is 6.54 Å². The topological polar surface area (TPSA) is 90.9 Å². The molecule has 0 radical (unpaired) electrons. The Morgan fingerprint density at radius 2 is 1.77 bits per heavy atom. The number of benzene rings is 1. The number of anilines is 1. The van der Waals surface area contributed by atoms with Crippen LogP contribution in [0.3, 0.4) is 0 Å². The van der Waals surface area contributed by atoms with E-state index in [0.717, 1.165) is 16.7 Å². The van der Waals surface area contributed by atoms with Crippen LogP contribution in [0.4, 0.5) is 14.5 Å². The summed E-state index contributed by atoms with van der Waals surface area (Å²) in [4.78, 5) is 40.6. The molecule has 0 aliphatic carbocycles. The Morgan fingerprint density at radius 1 is 1.15 bits per heavy atom. The lowest BCUT2D eigenvalue weighted by Crippen LogP contribution is -2.37. The highest BCUT2D eigenvalue weighted by Gasteiger charge is 2.19. The van der Waals surface area contributed by atoms with E-state index >= 15 is 0 Å². The summed E-state index contributed by atoms with van der Waals surface area (Å²) < 4.78 is 30.0. The molecule has 1 amide bonds. The fraction of sp³-hybridized carbons (Fsp3) is 0.200. The van der Waals surface area contributed by atoms with Gasteiger partial charge in [-0.3, -0.25) is 23.3 Å². The number of amides is 1. The van der Waals surface area contributed by atoms with Crippen LogP contribution in [0.25, 0.3) is 11.2 Å². The quantitative estimate of drug-likeness (QED) is 0.633. The van der Waals surface area contributed by atoms with E-state index in [4.69, 9.17) is 0 Å². The van der Waals surface area contributed by atoms with Gasteiger partial charge in [0, 0.05) is 25.8 Å². The zero-order valence-electron chi connectivity index (χ0n) is 13.6. The fourth-order valence-corrected chi connectivity index (χ4v) is 3.04. The van der Waals surface area contributed by atoms with Crippen molar-refractivity contribution in [3.8, 4) is 0 Å². The second kappa shape index (κ2) is 6.48. The number of nitrogens with zero attached hydrogens (tertiary/aromatic N) is 4. The Hall–Kier alpha value is -2.82. The lowest BCUT2D eigenvalue weighted by molar-refractivity contribution is -0.116. The maximum absolute atomic E-state index is 13.2. The summed E-state index contributed by atoms with van der Waals surface area (Å²) in [6.07, 6.45) is 0. The molecule has 26 heavy (non-hydrogen) atoms. The standard InChI is InChI=1S/C15H12BrF2N5O3/c1-21-12-11(13(25)22(2)15(21)26)20-14(16)23(12)6-10(24)19-9-4-7(17)3-8(18)5-9/h3-5H,6H2,1-2H3,(H,19,24). The van der Waals surface area contributed by atoms with E-state index in [1.165, 1.54) is 23.2 Å². The number of aryl methyl sites for hydroxylation is 1. The number of halogens is 3. The number of hydrogen-bond donors (Lipinski definition) is 1. The normalized spacial score (nSPS) is 11.1. The molecule has 136 valence electrons. The molecule has 0 fully saturated rings. The van der Waals surface area contributed by atoms with Crippen LogP contribution in [0.2, 0.25) is 0 Å². The van der Waals surface area contributed by atoms with Crippen LogP contribution in [0, 0.1) is 11.6 Å². The molecule has 0 saturated heterocycles. The minimum atomic E-state index is -0.833. The predicted octanol–water partition coefficient (Wildman–Crippen LogP) is 1.11. The van der Waals surface area contributed by atoms with Crippen LogP contribution < -0.4 is 16.6 Å². The van der Waals surface area contributed by atoms with E-state index in [1.807, 2.05) is 0 Å². The van der Waals surface area contributed by atoms with Crippen molar-refractivity contribution in [2.75, 3.05) is 5.32 Å². The lowest BCUT2D eigenvalue weighted by atomic mass is 10.3. The van der Waals surface area contributed by atoms with Gasteiger partial charge in [0.05, 0.1) is 0 Å². The SMILES string of the molecule is Cn1c(=O)c2nc(Br)n(CC(=O)Nc3cc(F)cc(F)c3)c2n(C)c1=O. The molecule has 0 aliphatic heterocycles. The van der Waals surface area contributed by atoms with Gasteiger partial charge in [-0.25, -0.2) is 18.6 Å². The van der Waals surface area contributed by atoms with Crippen LogP contribution in [-0.2, 0) is 25.4 Å². The molecule has 0 aliphatic rings. The zero-order valence-corrected chi connectivity index (χ0v) is 15.2. The summed E-state index contributed by atoms with van der Waals surface area (Å²) in [5.74, 6) is -2.29. The third kappa shape index (κ3) is 3.05. The Kier molecular flexibility index (Phi) is 4.48. The van der Waals surface area contributed by atoms with Gasteiger partial charge in [0.25, 0.3) is 5.56 Å². The number of carbonyl (C=O) groups excluding carboxylic acids is 1. The van der Waals surface area contributed by atoms with Gasteiger partial charge < -0.3 is 5.32 Å². The molecule has 1 aromatic carbocycles. The summed E-state index contributed by atoms with van der Waals surface area (Å²) >= 11 is 3.15. The Labute approximate surface area is 152 Å². The van der Waals surface area contributed by atoms with Crippen molar-refractivity contribution in [1.29, 1.82) is 0 Å². The molecule has 0 spiro atoms. The van der Waals surface area contributed by atoms with Gasteiger partial charge >= 0.3 is 5.69 Å². The van der Waals surface area contributed by atoms with E-state index < -0.39 is 28.8 Å². The van der Waals surface area contributed by atoms with Crippen molar-refractivity contribution >= 4 is 38.7 Å². The smallest absolute Gasteiger partial charge is 0.324 e. The molecule has 1 N–H and O–H groups in total. The van der Waals surface area contributed by atoms with Gasteiger partial charge in [-0.1, -0.05) is 0 Å². The van der Waals surface area contributed by atoms with E-state index in [-0.39, 0.29) is 28.1 Å². The maximum Gasteiger partial charge on any atom is 0.332 e. The van der Waals surface area contributed by atoms with Crippen LogP contribution in [0.5, 0.6) is 0 Å². The average molecular weight is 428 g/mol. The molecule has 3 aromatic rings. The van der Waals surface area contributed by atoms with E-state index in [0.29, 0.717) is 6.07 Å². The average Bonchev–Trinajstić information content (AvgIpc) is 2.86. The van der Waals surface area contributed by atoms with E-state index in [9.17, 15) is 23.2 Å². The minimum absolute atomic E-state index is 0.00563. The van der Waals surface area contributed by atoms with Crippen molar-refractivity contribution in [3.63, 3.8) is 0 Å². The van der Waals surface area contributed by atoms with E-state index in [2.05, 4.69) is 26.2 Å². The van der Waals surface area contributed by atoms with Gasteiger partial charge in [0.2, 0.25) is 5.91 Å². The molecule has 2 heterocycles. The Morgan fingerprint density at radius 3 is 2.38 bits per heavy atom. The fourth-order valence-electron chi connectivity index (χ4n) is 2.57. The summed E-state index contributed by atoms with van der Waals surface area (Å²) in [5, 5.41) is 2.35. The Balaban J connectivity index is 2.01. The molecular formula is C15H12BrF2N5O3. The number of hydrogen-bond acceptors (Lipinski definition) is 4. The monoisotopic (exact) mass is 427 g/mol. The number of rotatable bonds is 3. The molecule has 0 saturated carbocycles. The third-order valence-corrected chi connectivity index (χ3v) is 4.35. The Bertz CT molecular complexity index is 1140. The van der Waals surface area contributed by atoms with Crippen molar-refractivity contribution in [2.24, 2.45) is 14.1 Å². The first-order valence-electron chi connectivity index (χ1n) is 7.26. The van der Waals surface area contributed by atoms with Crippen LogP contribution in [0.15, 0.2) is 32.5 Å². The summed E-state index contributed by atoms with van der Waals surface area (Å²) in [6.45, 7) is -0.338. The first kappa shape index (κ1) is 18.0. The summed E-state index contributed by atoms with van der Waals surface area (Å²) in [5.41, 5.74) is -1.09. The number of imidazole rings is 1.